The number of hydrogen-bond acceptors (Lipinski definition) is 4. The molecular weight excluding hydrogens is 569 g/mol. The standard InChI is InChI=1S/C30H35Cl2N3O4S/c1-5-22(3)33-30(37)28(17-23-12-7-6-8-13-23)34(19-24-14-10-9-11-21(24)2)29(36)20-35(40(4,38)39)25-15-16-26(31)27(32)18-25/h6-16,18,22,28H,5,17,19-20H2,1-4H3,(H,33,37)/t22-,28-/m0/s1. The van der Waals surface area contributed by atoms with E-state index in [0.29, 0.717) is 6.42 Å². The van der Waals surface area contributed by atoms with Crippen molar-refractivity contribution in [3.63, 3.8) is 0 Å². The topological polar surface area (TPSA) is 86.8 Å². The highest BCUT2D eigenvalue weighted by molar-refractivity contribution is 7.92. The molecule has 3 aromatic carbocycles. The maximum Gasteiger partial charge on any atom is 0.244 e. The van der Waals surface area contributed by atoms with E-state index in [9.17, 15) is 18.0 Å². The second-order valence-corrected chi connectivity index (χ2v) is 12.6. The van der Waals surface area contributed by atoms with Crippen LogP contribution in [-0.4, -0.2) is 50.0 Å². The van der Waals surface area contributed by atoms with Crippen LogP contribution >= 0.6 is 23.2 Å². The summed E-state index contributed by atoms with van der Waals surface area (Å²) >= 11 is 12.2. The van der Waals surface area contributed by atoms with E-state index in [0.717, 1.165) is 27.3 Å². The molecule has 0 saturated carbocycles. The Labute approximate surface area is 247 Å². The van der Waals surface area contributed by atoms with Crippen molar-refractivity contribution in [1.29, 1.82) is 0 Å². The normalized spacial score (nSPS) is 12.8. The van der Waals surface area contributed by atoms with Gasteiger partial charge in [0.15, 0.2) is 0 Å². The molecule has 0 bridgehead atoms. The van der Waals surface area contributed by atoms with Crippen LogP contribution in [-0.2, 0) is 32.6 Å². The van der Waals surface area contributed by atoms with Gasteiger partial charge in [-0.25, -0.2) is 8.42 Å². The van der Waals surface area contributed by atoms with Crippen LogP contribution in [0.25, 0.3) is 0 Å². The lowest BCUT2D eigenvalue weighted by Gasteiger charge is -2.34. The number of carbonyl (C=O) groups excluding carboxylic acids is 2. The maximum atomic E-state index is 14.1. The van der Waals surface area contributed by atoms with Gasteiger partial charge in [-0.15, -0.1) is 0 Å². The highest BCUT2D eigenvalue weighted by Gasteiger charge is 2.33. The zero-order chi connectivity index (χ0) is 29.4. The van der Waals surface area contributed by atoms with Crippen LogP contribution in [0.4, 0.5) is 5.69 Å². The number of halogens is 2. The monoisotopic (exact) mass is 603 g/mol. The summed E-state index contributed by atoms with van der Waals surface area (Å²) in [4.78, 5) is 29.3. The molecule has 1 N–H and O–H groups in total. The molecule has 3 rings (SSSR count). The quantitative estimate of drug-likeness (QED) is 0.291. The van der Waals surface area contributed by atoms with Gasteiger partial charge in [0.25, 0.3) is 0 Å². The van der Waals surface area contributed by atoms with Crippen LogP contribution in [0.15, 0.2) is 72.8 Å². The van der Waals surface area contributed by atoms with Crippen molar-refractivity contribution in [3.05, 3.63) is 99.5 Å². The third kappa shape index (κ3) is 8.46. The van der Waals surface area contributed by atoms with Crippen LogP contribution in [0, 0.1) is 6.92 Å². The lowest BCUT2D eigenvalue weighted by Crippen LogP contribution is -2.54. The molecule has 0 aromatic heterocycles. The van der Waals surface area contributed by atoms with Crippen molar-refractivity contribution in [2.75, 3.05) is 17.1 Å². The highest BCUT2D eigenvalue weighted by atomic mass is 35.5. The molecule has 2 amide bonds. The van der Waals surface area contributed by atoms with E-state index in [4.69, 9.17) is 23.2 Å². The van der Waals surface area contributed by atoms with Gasteiger partial charge in [-0.1, -0.05) is 84.7 Å². The van der Waals surface area contributed by atoms with Crippen LogP contribution in [0.2, 0.25) is 10.0 Å². The van der Waals surface area contributed by atoms with E-state index in [1.54, 1.807) is 0 Å². The minimum Gasteiger partial charge on any atom is -0.352 e. The predicted molar refractivity (Wildman–Crippen MR) is 162 cm³/mol. The molecule has 0 aliphatic rings. The van der Waals surface area contributed by atoms with Gasteiger partial charge in [-0.3, -0.25) is 13.9 Å². The first-order valence-corrected chi connectivity index (χ1v) is 15.6. The van der Waals surface area contributed by atoms with Gasteiger partial charge in [0.05, 0.1) is 22.0 Å². The fourth-order valence-electron chi connectivity index (χ4n) is 4.22. The molecule has 0 heterocycles. The molecule has 0 spiro atoms. The number of nitrogens with zero attached hydrogens (tertiary/aromatic N) is 2. The summed E-state index contributed by atoms with van der Waals surface area (Å²) < 4.78 is 26.7. The van der Waals surface area contributed by atoms with Crippen molar-refractivity contribution in [1.82, 2.24) is 10.2 Å². The Morgan fingerprint density at radius 1 is 0.950 bits per heavy atom. The predicted octanol–water partition coefficient (Wildman–Crippen LogP) is 5.62. The number of nitrogens with one attached hydrogen (secondary N) is 1. The van der Waals surface area contributed by atoms with Gasteiger partial charge in [0.2, 0.25) is 21.8 Å². The Balaban J connectivity index is 2.08. The first-order chi connectivity index (χ1) is 18.9. The van der Waals surface area contributed by atoms with E-state index in [1.807, 2.05) is 75.4 Å². The second kappa shape index (κ2) is 14.0. The van der Waals surface area contributed by atoms with E-state index < -0.39 is 28.5 Å². The number of amides is 2. The number of sulfonamides is 1. The molecule has 0 aliphatic carbocycles. The second-order valence-electron chi connectivity index (χ2n) is 9.84. The van der Waals surface area contributed by atoms with E-state index in [-0.39, 0.29) is 40.6 Å². The van der Waals surface area contributed by atoms with Crippen molar-refractivity contribution in [3.8, 4) is 0 Å². The lowest BCUT2D eigenvalue weighted by atomic mass is 10.0. The van der Waals surface area contributed by atoms with Gasteiger partial charge in [-0.2, -0.15) is 0 Å². The van der Waals surface area contributed by atoms with E-state index in [2.05, 4.69) is 5.32 Å². The zero-order valence-electron chi connectivity index (χ0n) is 23.1. The van der Waals surface area contributed by atoms with Crippen molar-refractivity contribution in [2.45, 2.75) is 52.2 Å². The number of benzene rings is 3. The molecule has 0 radical (unpaired) electrons. The molecule has 10 heteroatoms. The fourth-order valence-corrected chi connectivity index (χ4v) is 5.35. The number of carbonyl (C=O) groups is 2. The average Bonchev–Trinajstić information content (AvgIpc) is 2.91. The Bertz CT molecular complexity index is 1430. The third-order valence-corrected chi connectivity index (χ3v) is 8.62. The summed E-state index contributed by atoms with van der Waals surface area (Å²) in [5, 5.41) is 3.44. The fraction of sp³-hybridized carbons (Fsp3) is 0.333. The van der Waals surface area contributed by atoms with Gasteiger partial charge >= 0.3 is 0 Å². The van der Waals surface area contributed by atoms with Crippen LogP contribution < -0.4 is 9.62 Å². The number of aryl methyl sites for hydroxylation is 1. The smallest absolute Gasteiger partial charge is 0.244 e. The van der Waals surface area contributed by atoms with E-state index >= 15 is 0 Å². The largest absolute Gasteiger partial charge is 0.352 e. The first kappa shape index (κ1) is 31.5. The molecule has 0 unspecified atom stereocenters. The molecular formula is C30H35Cl2N3O4S. The average molecular weight is 605 g/mol. The van der Waals surface area contributed by atoms with Crippen molar-refractivity contribution in [2.24, 2.45) is 0 Å². The summed E-state index contributed by atoms with van der Waals surface area (Å²) in [7, 11) is -3.90. The van der Waals surface area contributed by atoms with Crippen LogP contribution in [0.5, 0.6) is 0 Å². The Morgan fingerprint density at radius 2 is 1.60 bits per heavy atom. The summed E-state index contributed by atoms with van der Waals surface area (Å²) in [6.07, 6.45) is 1.99. The minimum atomic E-state index is -3.90. The van der Waals surface area contributed by atoms with Gasteiger partial charge in [-0.05, 0) is 55.2 Å². The number of anilines is 1. The SMILES string of the molecule is CC[C@H](C)NC(=O)[C@H](Cc1ccccc1)N(Cc1ccccc1C)C(=O)CN(c1ccc(Cl)c(Cl)c1)S(C)(=O)=O. The van der Waals surface area contributed by atoms with Gasteiger partial charge in [0, 0.05) is 19.0 Å². The van der Waals surface area contributed by atoms with Gasteiger partial charge < -0.3 is 10.2 Å². The van der Waals surface area contributed by atoms with Crippen molar-refractivity contribution >= 4 is 50.7 Å². The molecule has 0 fully saturated rings. The summed E-state index contributed by atoms with van der Waals surface area (Å²) in [6.45, 7) is 5.40. The maximum absolute atomic E-state index is 14.1. The lowest BCUT2D eigenvalue weighted by molar-refractivity contribution is -0.140. The Kier molecular flexibility index (Phi) is 11.0. The zero-order valence-corrected chi connectivity index (χ0v) is 25.4. The Morgan fingerprint density at radius 3 is 2.20 bits per heavy atom. The molecule has 2 atom stereocenters. The molecule has 214 valence electrons. The first-order valence-electron chi connectivity index (χ1n) is 13.0. The molecule has 0 saturated heterocycles. The van der Waals surface area contributed by atoms with Crippen LogP contribution in [0.1, 0.15) is 37.0 Å². The third-order valence-electron chi connectivity index (χ3n) is 6.74. The van der Waals surface area contributed by atoms with E-state index in [1.165, 1.54) is 23.1 Å². The molecule has 3 aromatic rings. The summed E-state index contributed by atoms with van der Waals surface area (Å²) in [5.41, 5.74) is 2.87. The molecule has 7 nitrogen and oxygen atoms in total. The molecule has 0 aliphatic heterocycles. The summed E-state index contributed by atoms with van der Waals surface area (Å²) in [6, 6.07) is 20.4. The Hall–Kier alpha value is -3.07. The van der Waals surface area contributed by atoms with Crippen LogP contribution in [0.3, 0.4) is 0 Å². The highest BCUT2D eigenvalue weighted by Crippen LogP contribution is 2.29. The number of hydrogen-bond donors (Lipinski definition) is 1. The van der Waals surface area contributed by atoms with Crippen molar-refractivity contribution < 1.29 is 18.0 Å². The molecule has 40 heavy (non-hydrogen) atoms. The summed E-state index contributed by atoms with van der Waals surface area (Å²) in [5.74, 6) is -0.833. The van der Waals surface area contributed by atoms with Gasteiger partial charge in [0.1, 0.15) is 12.6 Å². The number of rotatable bonds is 12. The minimum absolute atomic E-state index is 0.107.